The Morgan fingerprint density at radius 2 is 2.00 bits per heavy atom. The highest BCUT2D eigenvalue weighted by atomic mass is 79.9. The zero-order valence-corrected chi connectivity index (χ0v) is 9.25. The molecule has 0 unspecified atom stereocenters. The van der Waals surface area contributed by atoms with Gasteiger partial charge in [0.2, 0.25) is 5.75 Å². The third-order valence-electron chi connectivity index (χ3n) is 1.77. The molecule has 0 saturated carbocycles. The molecule has 0 fully saturated rings. The van der Waals surface area contributed by atoms with Crippen molar-refractivity contribution in [2.45, 2.75) is 6.92 Å². The van der Waals surface area contributed by atoms with E-state index in [1.807, 2.05) is 0 Å². The molecule has 0 bridgehead atoms. The molecule has 0 heterocycles. The summed E-state index contributed by atoms with van der Waals surface area (Å²) in [5, 5.41) is 19.0. The number of rotatable bonds is 2. The van der Waals surface area contributed by atoms with E-state index < -0.39 is 0 Å². The van der Waals surface area contributed by atoms with Gasteiger partial charge in [0.25, 0.3) is 0 Å². The lowest BCUT2D eigenvalue weighted by Crippen LogP contribution is -1.96. The van der Waals surface area contributed by atoms with Gasteiger partial charge in [-0.05, 0) is 28.9 Å². The second kappa shape index (κ2) is 3.88. The molecule has 2 N–H and O–H groups in total. The second-order valence-corrected chi connectivity index (χ2v) is 3.55. The quantitative estimate of drug-likeness (QED) is 0.800. The molecule has 4 nitrogen and oxygen atoms in total. The lowest BCUT2D eigenvalue weighted by atomic mass is 10.1. The standard InChI is InChI=1S/C9H9BrO4/c1-4(11)5-3-6(10)8(13)9(14-2)7(5)12/h3,12-13H,1-2H3. The van der Waals surface area contributed by atoms with Gasteiger partial charge < -0.3 is 14.9 Å². The van der Waals surface area contributed by atoms with E-state index in [9.17, 15) is 15.0 Å². The zero-order valence-electron chi connectivity index (χ0n) is 7.67. The van der Waals surface area contributed by atoms with Crippen molar-refractivity contribution in [1.82, 2.24) is 0 Å². The largest absolute Gasteiger partial charge is 0.504 e. The van der Waals surface area contributed by atoms with Gasteiger partial charge in [-0.15, -0.1) is 0 Å². The van der Waals surface area contributed by atoms with Gasteiger partial charge in [-0.2, -0.15) is 0 Å². The van der Waals surface area contributed by atoms with E-state index in [-0.39, 0.29) is 28.6 Å². The molecule has 0 spiro atoms. The highest BCUT2D eigenvalue weighted by molar-refractivity contribution is 9.10. The van der Waals surface area contributed by atoms with Gasteiger partial charge in [0.15, 0.2) is 17.3 Å². The predicted octanol–water partition coefficient (Wildman–Crippen LogP) is 2.07. The van der Waals surface area contributed by atoms with E-state index in [2.05, 4.69) is 15.9 Å². The number of hydrogen-bond donors (Lipinski definition) is 2. The molecule has 1 aromatic carbocycles. The van der Waals surface area contributed by atoms with Crippen LogP contribution in [0, 0.1) is 0 Å². The highest BCUT2D eigenvalue weighted by Gasteiger charge is 2.18. The molecule has 0 aliphatic rings. The maximum atomic E-state index is 11.1. The summed E-state index contributed by atoms with van der Waals surface area (Å²) in [6, 6.07) is 1.34. The SMILES string of the molecule is COc1c(O)c(Br)cc(C(C)=O)c1O. The molecule has 0 radical (unpaired) electrons. The number of phenolic OH excluding ortho intramolecular Hbond substituents is 2. The monoisotopic (exact) mass is 260 g/mol. The van der Waals surface area contributed by atoms with Crippen LogP contribution in [0.2, 0.25) is 0 Å². The Bertz CT molecular complexity index is 387. The summed E-state index contributed by atoms with van der Waals surface area (Å²) < 4.78 is 5.07. The van der Waals surface area contributed by atoms with Crippen molar-refractivity contribution in [1.29, 1.82) is 0 Å². The number of ether oxygens (including phenoxy) is 1. The Kier molecular flexibility index (Phi) is 3.00. The Morgan fingerprint density at radius 1 is 1.43 bits per heavy atom. The molecule has 76 valence electrons. The van der Waals surface area contributed by atoms with E-state index in [1.54, 1.807) is 0 Å². The van der Waals surface area contributed by atoms with E-state index in [0.717, 1.165) is 0 Å². The number of methoxy groups -OCH3 is 1. The van der Waals surface area contributed by atoms with Gasteiger partial charge in [-0.1, -0.05) is 0 Å². The number of hydrogen-bond acceptors (Lipinski definition) is 4. The normalized spacial score (nSPS) is 9.93. The van der Waals surface area contributed by atoms with E-state index in [4.69, 9.17) is 4.74 Å². The molecule has 14 heavy (non-hydrogen) atoms. The molecule has 0 aliphatic carbocycles. The highest BCUT2D eigenvalue weighted by Crippen LogP contribution is 2.43. The number of benzene rings is 1. The fraction of sp³-hybridized carbons (Fsp3) is 0.222. The molecule has 0 aliphatic heterocycles. The Balaban J connectivity index is 3.50. The molecule has 1 aromatic rings. The van der Waals surface area contributed by atoms with Gasteiger partial charge in [0.1, 0.15) is 0 Å². The van der Waals surface area contributed by atoms with Crippen molar-refractivity contribution in [3.63, 3.8) is 0 Å². The lowest BCUT2D eigenvalue weighted by Gasteiger charge is -2.10. The first-order valence-electron chi connectivity index (χ1n) is 3.78. The lowest BCUT2D eigenvalue weighted by molar-refractivity contribution is 0.101. The minimum atomic E-state index is -0.347. The zero-order chi connectivity index (χ0) is 10.9. The van der Waals surface area contributed by atoms with Gasteiger partial charge >= 0.3 is 0 Å². The molecule has 5 heteroatoms. The average molecular weight is 261 g/mol. The molecule has 0 atom stereocenters. The number of carbonyl (C=O) groups is 1. The average Bonchev–Trinajstić information content (AvgIpc) is 2.12. The van der Waals surface area contributed by atoms with Gasteiger partial charge in [0.05, 0.1) is 17.1 Å². The summed E-state index contributed by atoms with van der Waals surface area (Å²) in [4.78, 5) is 11.1. The topological polar surface area (TPSA) is 66.8 Å². The van der Waals surface area contributed by atoms with Crippen LogP contribution in [0.25, 0.3) is 0 Å². The fourth-order valence-electron chi connectivity index (χ4n) is 1.07. The number of carbonyl (C=O) groups excluding carboxylic acids is 1. The third-order valence-corrected chi connectivity index (χ3v) is 2.37. The van der Waals surface area contributed by atoms with Crippen LogP contribution in [0.1, 0.15) is 17.3 Å². The van der Waals surface area contributed by atoms with Crippen LogP contribution in [0.3, 0.4) is 0 Å². The van der Waals surface area contributed by atoms with Gasteiger partial charge in [0, 0.05) is 0 Å². The first-order valence-corrected chi connectivity index (χ1v) is 4.57. The summed E-state index contributed by atoms with van der Waals surface area (Å²) in [5.74, 6) is -0.984. The molecule has 0 amide bonds. The summed E-state index contributed by atoms with van der Waals surface area (Å²) in [6.45, 7) is 1.32. The summed E-state index contributed by atoms with van der Waals surface area (Å²) >= 11 is 3.05. The van der Waals surface area contributed by atoms with Crippen LogP contribution < -0.4 is 4.74 Å². The van der Waals surface area contributed by atoms with Crippen LogP contribution in [0.5, 0.6) is 17.2 Å². The van der Waals surface area contributed by atoms with Crippen molar-refractivity contribution in [2.75, 3.05) is 7.11 Å². The van der Waals surface area contributed by atoms with Crippen molar-refractivity contribution in [2.24, 2.45) is 0 Å². The maximum Gasteiger partial charge on any atom is 0.204 e. The van der Waals surface area contributed by atoms with E-state index in [0.29, 0.717) is 4.47 Å². The van der Waals surface area contributed by atoms with Crippen molar-refractivity contribution < 1.29 is 19.7 Å². The van der Waals surface area contributed by atoms with Crippen LogP contribution in [-0.4, -0.2) is 23.1 Å². The Morgan fingerprint density at radius 3 is 2.43 bits per heavy atom. The third kappa shape index (κ3) is 1.68. The number of halogens is 1. The summed E-state index contributed by atoms with van der Waals surface area (Å²) in [6.07, 6.45) is 0. The van der Waals surface area contributed by atoms with Crippen LogP contribution >= 0.6 is 15.9 Å². The Labute approximate surface area is 89.3 Å². The number of aromatic hydroxyl groups is 2. The first kappa shape index (κ1) is 10.8. The Hall–Kier alpha value is -1.23. The minimum Gasteiger partial charge on any atom is -0.504 e. The number of Topliss-reactive ketones (excluding diaryl/α,β-unsaturated/α-hetero) is 1. The van der Waals surface area contributed by atoms with Crippen LogP contribution in [0.15, 0.2) is 10.5 Å². The fourth-order valence-corrected chi connectivity index (χ4v) is 1.48. The van der Waals surface area contributed by atoms with E-state index >= 15 is 0 Å². The summed E-state index contributed by atoms with van der Waals surface area (Å²) in [5.41, 5.74) is 0.103. The van der Waals surface area contributed by atoms with Gasteiger partial charge in [-0.25, -0.2) is 0 Å². The van der Waals surface area contributed by atoms with Crippen molar-refractivity contribution in [3.05, 3.63) is 16.1 Å². The molecule has 1 rings (SSSR count). The second-order valence-electron chi connectivity index (χ2n) is 2.69. The number of ketones is 1. The van der Waals surface area contributed by atoms with Crippen molar-refractivity contribution in [3.8, 4) is 17.2 Å². The first-order chi connectivity index (χ1) is 6.49. The smallest absolute Gasteiger partial charge is 0.204 e. The molecular weight excluding hydrogens is 252 g/mol. The van der Waals surface area contributed by atoms with Crippen molar-refractivity contribution >= 4 is 21.7 Å². The molecular formula is C9H9BrO4. The number of phenols is 2. The van der Waals surface area contributed by atoms with Gasteiger partial charge in [-0.3, -0.25) is 4.79 Å². The maximum absolute atomic E-state index is 11.1. The van der Waals surface area contributed by atoms with Crippen LogP contribution in [-0.2, 0) is 0 Å². The minimum absolute atomic E-state index is 0.103. The summed E-state index contributed by atoms with van der Waals surface area (Å²) in [7, 11) is 1.30. The molecule has 0 saturated heterocycles. The van der Waals surface area contributed by atoms with Crippen LogP contribution in [0.4, 0.5) is 0 Å². The van der Waals surface area contributed by atoms with E-state index in [1.165, 1.54) is 20.1 Å². The molecule has 0 aromatic heterocycles. The predicted molar refractivity (Wildman–Crippen MR) is 54.0 cm³/mol.